The summed E-state index contributed by atoms with van der Waals surface area (Å²) in [4.78, 5) is 4.35. The lowest BCUT2D eigenvalue weighted by Crippen LogP contribution is -2.44. The van der Waals surface area contributed by atoms with Crippen LogP contribution in [0, 0.1) is 0 Å². The molecule has 0 spiro atoms. The molecule has 0 saturated heterocycles. The molecule has 0 atom stereocenters. The third-order valence-corrected chi connectivity index (χ3v) is 2.96. The second kappa shape index (κ2) is 4.97. The first kappa shape index (κ1) is 13.2. The molecule has 4 nitrogen and oxygen atoms in total. The van der Waals surface area contributed by atoms with Crippen LogP contribution >= 0.6 is 12.4 Å². The summed E-state index contributed by atoms with van der Waals surface area (Å²) in [6.07, 6.45) is 6.12. The van der Waals surface area contributed by atoms with Gasteiger partial charge in [-0.1, -0.05) is 18.2 Å². The Morgan fingerprint density at radius 2 is 2.25 bits per heavy atom. The van der Waals surface area contributed by atoms with E-state index in [-0.39, 0.29) is 17.9 Å². The summed E-state index contributed by atoms with van der Waals surface area (Å²) in [5.41, 5.74) is 6.81. The average molecular weight is 244 g/mol. The lowest BCUT2D eigenvalue weighted by molar-refractivity contribution is 0.229. The van der Waals surface area contributed by atoms with Gasteiger partial charge in [0.25, 0.3) is 5.89 Å². The van der Waals surface area contributed by atoms with Gasteiger partial charge in [-0.05, 0) is 32.6 Å². The average Bonchev–Trinajstić information content (AvgIpc) is 2.63. The molecule has 0 unspecified atom stereocenters. The van der Waals surface area contributed by atoms with Crippen LogP contribution in [0.15, 0.2) is 10.6 Å². The molecule has 1 heterocycles. The molecule has 5 heteroatoms. The van der Waals surface area contributed by atoms with E-state index in [2.05, 4.69) is 23.1 Å². The molecule has 16 heavy (non-hydrogen) atoms. The summed E-state index contributed by atoms with van der Waals surface area (Å²) in [5, 5.41) is 3.96. The monoisotopic (exact) mass is 243 g/mol. The molecule has 2 N–H and O–H groups in total. The van der Waals surface area contributed by atoms with Crippen molar-refractivity contribution in [1.29, 1.82) is 0 Å². The second-order valence-corrected chi connectivity index (χ2v) is 4.23. The van der Waals surface area contributed by atoms with E-state index in [0.717, 1.165) is 31.3 Å². The van der Waals surface area contributed by atoms with Crippen LogP contribution in [0.2, 0.25) is 0 Å². The van der Waals surface area contributed by atoms with Gasteiger partial charge in [0.2, 0.25) is 0 Å². The number of allylic oxidation sites excluding steroid dienone is 2. The maximum absolute atomic E-state index is 6.11. The molecule has 0 aromatic carbocycles. The molecule has 1 aromatic rings. The molecule has 0 aliphatic heterocycles. The minimum Gasteiger partial charge on any atom is -0.334 e. The molecule has 0 amide bonds. The van der Waals surface area contributed by atoms with Gasteiger partial charge in [0.05, 0.1) is 5.54 Å². The highest BCUT2D eigenvalue weighted by molar-refractivity contribution is 5.85. The van der Waals surface area contributed by atoms with Crippen molar-refractivity contribution in [1.82, 2.24) is 10.1 Å². The lowest BCUT2D eigenvalue weighted by atomic mass is 9.77. The van der Waals surface area contributed by atoms with Crippen molar-refractivity contribution < 1.29 is 4.52 Å². The molecule has 1 aromatic heterocycles. The lowest BCUT2D eigenvalue weighted by Gasteiger charge is -2.34. The first-order chi connectivity index (χ1) is 7.15. The highest BCUT2D eigenvalue weighted by Gasteiger charge is 2.38. The topological polar surface area (TPSA) is 64.9 Å². The largest absolute Gasteiger partial charge is 0.334 e. The molecular weight excluding hydrogens is 226 g/mol. The molecule has 90 valence electrons. The van der Waals surface area contributed by atoms with Gasteiger partial charge in [-0.25, -0.2) is 0 Å². The Morgan fingerprint density at radius 3 is 2.75 bits per heavy atom. The van der Waals surface area contributed by atoms with Crippen LogP contribution in [0.25, 0.3) is 5.57 Å². The van der Waals surface area contributed by atoms with Crippen LogP contribution in [-0.2, 0) is 5.54 Å². The highest BCUT2D eigenvalue weighted by atomic mass is 35.5. The predicted octanol–water partition coefficient (Wildman–Crippen LogP) is 2.64. The predicted molar refractivity (Wildman–Crippen MR) is 65.2 cm³/mol. The fraction of sp³-hybridized carbons (Fsp3) is 0.636. The maximum atomic E-state index is 6.11. The molecule has 1 fully saturated rings. The van der Waals surface area contributed by atoms with E-state index in [4.69, 9.17) is 10.3 Å². The molecule has 2 rings (SSSR count). The third kappa shape index (κ3) is 2.28. The van der Waals surface area contributed by atoms with Crippen LogP contribution in [0.5, 0.6) is 0 Å². The third-order valence-electron chi connectivity index (χ3n) is 2.96. The van der Waals surface area contributed by atoms with Crippen LogP contribution in [0.1, 0.15) is 51.2 Å². The van der Waals surface area contributed by atoms with E-state index >= 15 is 0 Å². The number of hydrogen-bond donors (Lipinski definition) is 1. The number of hydrogen-bond acceptors (Lipinski definition) is 4. The Balaban J connectivity index is 0.00000128. The molecule has 0 radical (unpaired) electrons. The van der Waals surface area contributed by atoms with Crippen LogP contribution in [0.3, 0.4) is 0 Å². The van der Waals surface area contributed by atoms with Crippen LogP contribution in [-0.4, -0.2) is 10.1 Å². The Morgan fingerprint density at radius 1 is 1.56 bits per heavy atom. The summed E-state index contributed by atoms with van der Waals surface area (Å²) in [6.45, 7) is 4.06. The van der Waals surface area contributed by atoms with E-state index < -0.39 is 0 Å². The SMILES string of the molecule is CC/C=C(/C)c1nc(C2(N)CCC2)no1.Cl. The van der Waals surface area contributed by atoms with E-state index in [0.29, 0.717) is 11.7 Å². The summed E-state index contributed by atoms with van der Waals surface area (Å²) in [6, 6.07) is 0. The van der Waals surface area contributed by atoms with E-state index in [1.807, 2.05) is 6.92 Å². The van der Waals surface area contributed by atoms with Crippen molar-refractivity contribution in [3.63, 3.8) is 0 Å². The van der Waals surface area contributed by atoms with Gasteiger partial charge < -0.3 is 10.3 Å². The Bertz CT molecular complexity index is 382. The smallest absolute Gasteiger partial charge is 0.253 e. The summed E-state index contributed by atoms with van der Waals surface area (Å²) in [5.74, 6) is 1.26. The fourth-order valence-electron chi connectivity index (χ4n) is 1.76. The zero-order chi connectivity index (χ0) is 10.9. The molecule has 1 aliphatic rings. The number of aromatic nitrogens is 2. The van der Waals surface area contributed by atoms with Crippen molar-refractivity contribution in [2.75, 3.05) is 0 Å². The zero-order valence-corrected chi connectivity index (χ0v) is 10.5. The van der Waals surface area contributed by atoms with Crippen LogP contribution < -0.4 is 5.73 Å². The summed E-state index contributed by atoms with van der Waals surface area (Å²) < 4.78 is 5.19. The first-order valence-corrected chi connectivity index (χ1v) is 5.46. The van der Waals surface area contributed by atoms with Crippen molar-refractivity contribution in [2.45, 2.75) is 45.1 Å². The van der Waals surface area contributed by atoms with Crippen molar-refractivity contribution in [3.05, 3.63) is 17.8 Å². The Kier molecular flexibility index (Phi) is 4.10. The van der Waals surface area contributed by atoms with Gasteiger partial charge in [-0.2, -0.15) is 4.98 Å². The number of nitrogens with zero attached hydrogens (tertiary/aromatic N) is 2. The van der Waals surface area contributed by atoms with Gasteiger partial charge in [0.1, 0.15) is 0 Å². The normalized spacial score (nSPS) is 18.8. The van der Waals surface area contributed by atoms with E-state index in [1.165, 1.54) is 0 Å². The van der Waals surface area contributed by atoms with E-state index in [9.17, 15) is 0 Å². The molecule has 1 saturated carbocycles. The van der Waals surface area contributed by atoms with E-state index in [1.54, 1.807) is 0 Å². The summed E-state index contributed by atoms with van der Waals surface area (Å²) >= 11 is 0. The Labute approximate surface area is 102 Å². The van der Waals surface area contributed by atoms with Crippen LogP contribution in [0.4, 0.5) is 0 Å². The zero-order valence-electron chi connectivity index (χ0n) is 9.69. The summed E-state index contributed by atoms with van der Waals surface area (Å²) in [7, 11) is 0. The van der Waals surface area contributed by atoms with Gasteiger partial charge in [-0.15, -0.1) is 12.4 Å². The molecule has 1 aliphatic carbocycles. The van der Waals surface area contributed by atoms with Crippen molar-refractivity contribution in [2.24, 2.45) is 5.73 Å². The quantitative estimate of drug-likeness (QED) is 0.887. The first-order valence-electron chi connectivity index (χ1n) is 5.46. The number of halogens is 1. The minimum absolute atomic E-state index is 0. The highest BCUT2D eigenvalue weighted by Crippen LogP contribution is 2.37. The standard InChI is InChI=1S/C11H17N3O.ClH/c1-3-5-8(2)9-13-10(14-15-9)11(12)6-4-7-11;/h5H,3-4,6-7,12H2,1-2H3;1H/b8-5-;. The fourth-order valence-corrected chi connectivity index (χ4v) is 1.76. The molecule has 0 bridgehead atoms. The van der Waals surface area contributed by atoms with Gasteiger partial charge in [0.15, 0.2) is 5.82 Å². The number of nitrogens with two attached hydrogens (primary N) is 1. The van der Waals surface area contributed by atoms with Gasteiger partial charge >= 0.3 is 0 Å². The maximum Gasteiger partial charge on any atom is 0.253 e. The Hall–Kier alpha value is -0.870. The van der Waals surface area contributed by atoms with Crippen molar-refractivity contribution >= 4 is 18.0 Å². The van der Waals surface area contributed by atoms with Gasteiger partial charge in [-0.3, -0.25) is 0 Å². The van der Waals surface area contributed by atoms with Gasteiger partial charge in [0, 0.05) is 5.57 Å². The number of rotatable bonds is 3. The van der Waals surface area contributed by atoms with Crippen molar-refractivity contribution in [3.8, 4) is 0 Å². The minimum atomic E-state index is -0.325. The second-order valence-electron chi connectivity index (χ2n) is 4.23. The molecular formula is C11H18ClN3O.